The monoisotopic (exact) mass is 526 g/mol. The number of carbonyl (C=O) groups excluding carboxylic acids is 2. The van der Waals surface area contributed by atoms with E-state index < -0.39 is 0 Å². The van der Waals surface area contributed by atoms with Crippen LogP contribution < -0.4 is 10.1 Å². The fraction of sp³-hybridized carbons (Fsp3) is 0.129. The Morgan fingerprint density at radius 1 is 0.895 bits per heavy atom. The largest absolute Gasteiger partial charge is 0.457 e. The molecule has 4 aromatic carbocycles. The number of nitrogens with zero attached hydrogens (tertiary/aromatic N) is 1. The summed E-state index contributed by atoms with van der Waals surface area (Å²) in [4.78, 5) is 25.5. The number of aliphatic hydroxyl groups excluding tert-OH is 1. The molecule has 1 heterocycles. The van der Waals surface area contributed by atoms with Gasteiger partial charge in [0.2, 0.25) is 0 Å². The number of fused-ring (bicyclic) bond motifs is 1. The van der Waals surface area contributed by atoms with Gasteiger partial charge in [-0.15, -0.1) is 11.3 Å². The van der Waals surface area contributed by atoms with Crippen molar-refractivity contribution in [2.75, 3.05) is 14.2 Å². The average molecular weight is 527 g/mol. The van der Waals surface area contributed by atoms with Crippen molar-refractivity contribution < 1.29 is 19.4 Å². The molecule has 0 bridgehead atoms. The van der Waals surface area contributed by atoms with Crippen LogP contribution in [0.5, 0.6) is 11.5 Å². The number of aldehydes is 2. The van der Waals surface area contributed by atoms with Gasteiger partial charge in [-0.05, 0) is 54.6 Å². The molecule has 7 heteroatoms. The highest BCUT2D eigenvalue weighted by atomic mass is 32.1. The summed E-state index contributed by atoms with van der Waals surface area (Å²) in [6.45, 7) is 0.807. The SMILES string of the molecule is CNCc1cccc(C=O)c1.CO.O=CCc1nc2ccc(-c3ccccc3Oc3ccccc3)cc2s1. The van der Waals surface area contributed by atoms with Gasteiger partial charge in [0, 0.05) is 24.8 Å². The smallest absolute Gasteiger partial charge is 0.150 e. The molecule has 0 amide bonds. The Hall–Kier alpha value is -4.17. The van der Waals surface area contributed by atoms with Gasteiger partial charge in [-0.2, -0.15) is 0 Å². The van der Waals surface area contributed by atoms with Gasteiger partial charge in [0.1, 0.15) is 29.1 Å². The van der Waals surface area contributed by atoms with Crippen molar-refractivity contribution in [1.29, 1.82) is 0 Å². The molecule has 0 saturated heterocycles. The number of benzene rings is 4. The minimum absolute atomic E-state index is 0.363. The molecular formula is C31H30N2O4S. The number of hydrogen-bond acceptors (Lipinski definition) is 7. The predicted octanol–water partition coefficient (Wildman–Crippen LogP) is 6.32. The molecule has 0 aliphatic carbocycles. The zero-order chi connectivity index (χ0) is 27.2. The molecule has 0 unspecified atom stereocenters. The Bertz CT molecular complexity index is 1450. The number of thiazole rings is 1. The zero-order valence-corrected chi connectivity index (χ0v) is 22.2. The van der Waals surface area contributed by atoms with E-state index in [0.717, 1.165) is 75.2 Å². The van der Waals surface area contributed by atoms with Crippen LogP contribution in [0, 0.1) is 0 Å². The van der Waals surface area contributed by atoms with Gasteiger partial charge in [0.15, 0.2) is 0 Å². The molecule has 0 radical (unpaired) electrons. The number of aromatic nitrogens is 1. The first-order chi connectivity index (χ1) is 18.7. The molecule has 5 aromatic rings. The van der Waals surface area contributed by atoms with E-state index in [1.165, 1.54) is 0 Å². The normalized spacial score (nSPS) is 9.97. The molecule has 6 nitrogen and oxygen atoms in total. The van der Waals surface area contributed by atoms with Crippen LogP contribution in [0.25, 0.3) is 21.3 Å². The van der Waals surface area contributed by atoms with Crippen molar-refractivity contribution in [3.8, 4) is 22.6 Å². The van der Waals surface area contributed by atoms with Crippen LogP contribution in [-0.4, -0.2) is 36.8 Å². The van der Waals surface area contributed by atoms with E-state index in [2.05, 4.69) is 16.4 Å². The first-order valence-electron chi connectivity index (χ1n) is 12.0. The Morgan fingerprint density at radius 3 is 2.39 bits per heavy atom. The van der Waals surface area contributed by atoms with Gasteiger partial charge >= 0.3 is 0 Å². The number of carbonyl (C=O) groups is 2. The summed E-state index contributed by atoms with van der Waals surface area (Å²) in [6.07, 6.45) is 2.11. The van der Waals surface area contributed by atoms with Crippen LogP contribution in [0.2, 0.25) is 0 Å². The topological polar surface area (TPSA) is 88.5 Å². The molecule has 1 aromatic heterocycles. The minimum atomic E-state index is 0.363. The summed E-state index contributed by atoms with van der Waals surface area (Å²) in [7, 11) is 2.88. The van der Waals surface area contributed by atoms with E-state index in [9.17, 15) is 9.59 Å². The molecule has 0 aliphatic rings. The van der Waals surface area contributed by atoms with Crippen molar-refractivity contribution in [1.82, 2.24) is 10.3 Å². The van der Waals surface area contributed by atoms with E-state index in [4.69, 9.17) is 9.84 Å². The second-order valence-electron chi connectivity index (χ2n) is 7.97. The van der Waals surface area contributed by atoms with Crippen LogP contribution in [-0.2, 0) is 17.8 Å². The van der Waals surface area contributed by atoms with Crippen molar-refractivity contribution in [3.63, 3.8) is 0 Å². The van der Waals surface area contributed by atoms with Crippen LogP contribution in [0.15, 0.2) is 97.1 Å². The summed E-state index contributed by atoms with van der Waals surface area (Å²) >= 11 is 1.56. The number of para-hydroxylation sites is 2. The standard InChI is InChI=1S/C21H15NO2S.C9H11NO.CH4O/c23-13-12-21-22-18-11-10-15(14-20(18)25-21)17-8-4-5-9-19(17)24-16-6-2-1-3-7-16;1-10-6-8-3-2-4-9(5-8)7-11;1-2/h1-11,13-14H,12H2;2-5,7,10H,6H2,1H3;2H,1H3. The predicted molar refractivity (Wildman–Crippen MR) is 154 cm³/mol. The van der Waals surface area contributed by atoms with E-state index in [0.29, 0.717) is 6.42 Å². The molecule has 5 rings (SSSR count). The highest BCUT2D eigenvalue weighted by molar-refractivity contribution is 7.18. The van der Waals surface area contributed by atoms with Gasteiger partial charge in [-0.1, -0.05) is 60.7 Å². The first-order valence-corrected chi connectivity index (χ1v) is 12.8. The molecule has 0 saturated carbocycles. The minimum Gasteiger partial charge on any atom is -0.457 e. The lowest BCUT2D eigenvalue weighted by Crippen LogP contribution is -2.04. The van der Waals surface area contributed by atoms with E-state index in [1.807, 2.05) is 92.0 Å². The van der Waals surface area contributed by atoms with Crippen LogP contribution in [0.4, 0.5) is 0 Å². The van der Waals surface area contributed by atoms with Crippen molar-refractivity contribution in [2.24, 2.45) is 0 Å². The van der Waals surface area contributed by atoms with Gasteiger partial charge in [0.25, 0.3) is 0 Å². The first kappa shape index (κ1) is 28.4. The quantitative estimate of drug-likeness (QED) is 0.230. The second-order valence-corrected chi connectivity index (χ2v) is 9.08. The molecular weight excluding hydrogens is 496 g/mol. The molecule has 0 spiro atoms. The third-order valence-corrected chi connectivity index (χ3v) is 6.37. The number of nitrogens with one attached hydrogen (secondary N) is 1. The average Bonchev–Trinajstić information content (AvgIpc) is 3.38. The maximum Gasteiger partial charge on any atom is 0.150 e. The lowest BCUT2D eigenvalue weighted by molar-refractivity contribution is -0.107. The molecule has 194 valence electrons. The van der Waals surface area contributed by atoms with Gasteiger partial charge < -0.3 is 20.0 Å². The summed E-state index contributed by atoms with van der Waals surface area (Å²) < 4.78 is 7.13. The number of ether oxygens (including phenoxy) is 1. The fourth-order valence-electron chi connectivity index (χ4n) is 3.69. The van der Waals surface area contributed by atoms with Gasteiger partial charge in [-0.25, -0.2) is 4.98 Å². The highest BCUT2D eigenvalue weighted by Gasteiger charge is 2.10. The summed E-state index contributed by atoms with van der Waals surface area (Å²) in [5.41, 5.74) is 4.89. The lowest BCUT2D eigenvalue weighted by atomic mass is 10.0. The van der Waals surface area contributed by atoms with Crippen molar-refractivity contribution >= 4 is 34.1 Å². The Morgan fingerprint density at radius 2 is 1.66 bits per heavy atom. The molecule has 0 atom stereocenters. The van der Waals surface area contributed by atoms with Crippen molar-refractivity contribution in [2.45, 2.75) is 13.0 Å². The van der Waals surface area contributed by atoms with Gasteiger partial charge in [-0.3, -0.25) is 4.79 Å². The highest BCUT2D eigenvalue weighted by Crippen LogP contribution is 2.35. The third kappa shape index (κ3) is 7.91. The van der Waals surface area contributed by atoms with E-state index in [1.54, 1.807) is 17.4 Å². The molecule has 38 heavy (non-hydrogen) atoms. The van der Waals surface area contributed by atoms with Crippen LogP contribution in [0.3, 0.4) is 0 Å². The Labute approximate surface area is 226 Å². The Kier molecular flexibility index (Phi) is 11.3. The fourth-order valence-corrected chi connectivity index (χ4v) is 4.64. The number of rotatable bonds is 8. The molecule has 0 fully saturated rings. The molecule has 2 N–H and O–H groups in total. The third-order valence-electron chi connectivity index (χ3n) is 5.33. The van der Waals surface area contributed by atoms with Crippen molar-refractivity contribution in [3.05, 3.63) is 113 Å². The summed E-state index contributed by atoms with van der Waals surface area (Å²) in [5, 5.41) is 10.9. The maximum atomic E-state index is 10.7. The van der Waals surface area contributed by atoms with E-state index >= 15 is 0 Å². The number of aliphatic hydroxyl groups is 1. The number of hydrogen-bond donors (Lipinski definition) is 2. The second kappa shape index (κ2) is 15.2. The van der Waals surface area contributed by atoms with Crippen LogP contribution in [0.1, 0.15) is 20.9 Å². The van der Waals surface area contributed by atoms with E-state index in [-0.39, 0.29) is 0 Å². The summed E-state index contributed by atoms with van der Waals surface area (Å²) in [6, 6.07) is 31.4. The zero-order valence-electron chi connectivity index (χ0n) is 21.3. The van der Waals surface area contributed by atoms with Crippen LogP contribution >= 0.6 is 11.3 Å². The molecule has 0 aliphatic heterocycles. The maximum absolute atomic E-state index is 10.7. The van der Waals surface area contributed by atoms with Gasteiger partial charge in [0.05, 0.1) is 16.6 Å². The Balaban J connectivity index is 0.000000259. The lowest BCUT2D eigenvalue weighted by Gasteiger charge is -2.11. The summed E-state index contributed by atoms with van der Waals surface area (Å²) in [5.74, 6) is 1.62.